The Morgan fingerprint density at radius 2 is 1.68 bits per heavy atom. The van der Waals surface area contributed by atoms with E-state index in [4.69, 9.17) is 9.47 Å². The number of alkyl carbamates (subject to hydrolysis) is 1. The first kappa shape index (κ1) is 20.6. The Morgan fingerprint density at radius 3 is 2.32 bits per heavy atom. The molecule has 0 saturated heterocycles. The lowest BCUT2D eigenvalue weighted by Crippen LogP contribution is -2.26. The van der Waals surface area contributed by atoms with E-state index in [9.17, 15) is 4.79 Å². The summed E-state index contributed by atoms with van der Waals surface area (Å²) in [7, 11) is 0. The minimum absolute atomic E-state index is 0.0673. The Morgan fingerprint density at radius 1 is 1.03 bits per heavy atom. The van der Waals surface area contributed by atoms with Gasteiger partial charge in [-0.15, -0.1) is 0 Å². The first-order valence-corrected chi connectivity index (χ1v) is 10.5. The van der Waals surface area contributed by atoms with Crippen LogP contribution in [0.15, 0.2) is 67.0 Å². The van der Waals surface area contributed by atoms with Crippen molar-refractivity contribution in [2.45, 2.75) is 19.3 Å². The molecule has 0 unspecified atom stereocenters. The average molecular weight is 415 g/mol. The van der Waals surface area contributed by atoms with E-state index in [-0.39, 0.29) is 5.92 Å². The van der Waals surface area contributed by atoms with Crippen molar-refractivity contribution in [3.8, 4) is 17.1 Å². The van der Waals surface area contributed by atoms with Crippen LogP contribution in [0.1, 0.15) is 36.0 Å². The van der Waals surface area contributed by atoms with E-state index in [0.29, 0.717) is 32.2 Å². The number of nitrogens with one attached hydrogen (secondary N) is 1. The van der Waals surface area contributed by atoms with Crippen molar-refractivity contribution < 1.29 is 14.3 Å². The first-order chi connectivity index (χ1) is 15.3. The summed E-state index contributed by atoms with van der Waals surface area (Å²) in [5.41, 5.74) is 5.73. The summed E-state index contributed by atoms with van der Waals surface area (Å²) in [6, 6.07) is 17.0. The lowest BCUT2D eigenvalue weighted by Gasteiger charge is -2.14. The lowest BCUT2D eigenvalue weighted by atomic mass is 9.98. The Labute approximate surface area is 182 Å². The second kappa shape index (κ2) is 9.89. The first-order valence-electron chi connectivity index (χ1n) is 10.5. The number of aromatic nitrogens is 2. The summed E-state index contributed by atoms with van der Waals surface area (Å²) in [6.45, 7) is 3.24. The van der Waals surface area contributed by atoms with Crippen LogP contribution in [0, 0.1) is 0 Å². The van der Waals surface area contributed by atoms with E-state index in [1.807, 2.05) is 43.3 Å². The Bertz CT molecular complexity index is 1020. The minimum atomic E-state index is -0.403. The molecule has 1 aromatic heterocycles. The molecule has 0 fully saturated rings. The summed E-state index contributed by atoms with van der Waals surface area (Å²) in [5.74, 6) is 0.0673. The maximum Gasteiger partial charge on any atom is 0.407 e. The van der Waals surface area contributed by atoms with Gasteiger partial charge < -0.3 is 14.8 Å². The molecule has 31 heavy (non-hydrogen) atoms. The summed E-state index contributed by atoms with van der Waals surface area (Å²) in [6.07, 6.45) is 7.55. The van der Waals surface area contributed by atoms with Crippen molar-refractivity contribution >= 4 is 12.2 Å². The molecule has 0 atom stereocenters. The van der Waals surface area contributed by atoms with Crippen molar-refractivity contribution in [3.05, 3.63) is 83.7 Å². The van der Waals surface area contributed by atoms with Crippen LogP contribution in [-0.2, 0) is 4.74 Å². The van der Waals surface area contributed by atoms with Crippen molar-refractivity contribution in [1.29, 1.82) is 0 Å². The van der Waals surface area contributed by atoms with E-state index in [2.05, 4.69) is 39.6 Å². The SMILES string of the molecule is CCOc1ncc(C=CCCNC(=O)OCC2c3ccccc3-c3ccccc32)cn1. The van der Waals surface area contributed by atoms with Crippen LogP contribution < -0.4 is 10.1 Å². The molecule has 0 saturated carbocycles. The van der Waals surface area contributed by atoms with E-state index < -0.39 is 6.09 Å². The van der Waals surface area contributed by atoms with Gasteiger partial charge in [-0.2, -0.15) is 0 Å². The minimum Gasteiger partial charge on any atom is -0.464 e. The summed E-state index contributed by atoms with van der Waals surface area (Å²) in [4.78, 5) is 20.4. The molecular weight excluding hydrogens is 390 g/mol. The van der Waals surface area contributed by atoms with E-state index in [1.54, 1.807) is 12.4 Å². The molecule has 0 aliphatic heterocycles. The van der Waals surface area contributed by atoms with Gasteiger partial charge in [0.25, 0.3) is 0 Å². The molecule has 3 aromatic rings. The molecule has 6 heteroatoms. The highest BCUT2D eigenvalue weighted by Crippen LogP contribution is 2.44. The Balaban J connectivity index is 1.24. The molecular formula is C25H25N3O3. The number of carbonyl (C=O) groups is 1. The highest BCUT2D eigenvalue weighted by Gasteiger charge is 2.28. The van der Waals surface area contributed by atoms with Gasteiger partial charge in [0.2, 0.25) is 0 Å². The summed E-state index contributed by atoms with van der Waals surface area (Å²) < 4.78 is 10.8. The van der Waals surface area contributed by atoms with Crippen LogP contribution in [0.25, 0.3) is 17.2 Å². The number of ether oxygens (including phenoxy) is 2. The number of carbonyl (C=O) groups excluding carboxylic acids is 1. The standard InChI is InChI=1S/C25H25N3O3/c1-2-30-24-27-15-18(16-28-24)9-7-8-14-26-25(29)31-17-23-21-12-5-3-10-19(21)20-11-4-6-13-22(20)23/h3-7,9-13,15-16,23H,2,8,14,17H2,1H3,(H,26,29). The van der Waals surface area contributed by atoms with E-state index in [0.717, 1.165) is 5.56 Å². The van der Waals surface area contributed by atoms with Gasteiger partial charge in [0.15, 0.2) is 0 Å². The fourth-order valence-electron chi connectivity index (χ4n) is 3.74. The highest BCUT2D eigenvalue weighted by atomic mass is 16.5. The van der Waals surface area contributed by atoms with E-state index in [1.165, 1.54) is 22.3 Å². The maximum absolute atomic E-state index is 12.2. The monoisotopic (exact) mass is 415 g/mol. The summed E-state index contributed by atoms with van der Waals surface area (Å²) in [5, 5.41) is 2.80. The molecule has 0 spiro atoms. The van der Waals surface area contributed by atoms with Gasteiger partial charge in [0.05, 0.1) is 6.61 Å². The number of fused-ring (bicyclic) bond motifs is 3. The zero-order valence-corrected chi connectivity index (χ0v) is 17.5. The van der Waals surface area contributed by atoms with Gasteiger partial charge in [-0.25, -0.2) is 14.8 Å². The fourth-order valence-corrected chi connectivity index (χ4v) is 3.74. The van der Waals surface area contributed by atoms with Crippen molar-refractivity contribution in [3.63, 3.8) is 0 Å². The Hall–Kier alpha value is -3.67. The number of hydrogen-bond acceptors (Lipinski definition) is 5. The number of benzene rings is 2. The number of amides is 1. The number of rotatable bonds is 8. The number of hydrogen-bond donors (Lipinski definition) is 1. The smallest absolute Gasteiger partial charge is 0.407 e. The summed E-state index contributed by atoms with van der Waals surface area (Å²) >= 11 is 0. The normalized spacial score (nSPS) is 12.4. The number of nitrogens with zero attached hydrogens (tertiary/aromatic N) is 2. The molecule has 158 valence electrons. The predicted molar refractivity (Wildman–Crippen MR) is 120 cm³/mol. The van der Waals surface area contributed by atoms with Crippen LogP contribution in [-0.4, -0.2) is 35.8 Å². The molecule has 1 aliphatic carbocycles. The molecule has 0 bridgehead atoms. The van der Waals surface area contributed by atoms with Crippen molar-refractivity contribution in [2.75, 3.05) is 19.8 Å². The van der Waals surface area contributed by atoms with Crippen LogP contribution in [0.2, 0.25) is 0 Å². The van der Waals surface area contributed by atoms with Crippen LogP contribution in [0.4, 0.5) is 4.79 Å². The van der Waals surface area contributed by atoms with Gasteiger partial charge in [-0.3, -0.25) is 0 Å². The largest absolute Gasteiger partial charge is 0.464 e. The second-order valence-corrected chi connectivity index (χ2v) is 7.18. The third-order valence-corrected chi connectivity index (χ3v) is 5.16. The van der Waals surface area contributed by atoms with Crippen LogP contribution >= 0.6 is 0 Å². The third-order valence-electron chi connectivity index (χ3n) is 5.16. The van der Waals surface area contributed by atoms with Gasteiger partial charge in [-0.05, 0) is 35.6 Å². The van der Waals surface area contributed by atoms with E-state index >= 15 is 0 Å². The average Bonchev–Trinajstić information content (AvgIpc) is 3.12. The topological polar surface area (TPSA) is 73.3 Å². The van der Waals surface area contributed by atoms with Crippen molar-refractivity contribution in [1.82, 2.24) is 15.3 Å². The molecule has 4 rings (SSSR count). The zero-order valence-electron chi connectivity index (χ0n) is 17.5. The Kier molecular flexibility index (Phi) is 6.57. The molecule has 1 N–H and O–H groups in total. The predicted octanol–water partition coefficient (Wildman–Crippen LogP) is 4.82. The van der Waals surface area contributed by atoms with Gasteiger partial charge in [0.1, 0.15) is 6.61 Å². The fraction of sp³-hybridized carbons (Fsp3) is 0.240. The highest BCUT2D eigenvalue weighted by molar-refractivity contribution is 5.79. The molecule has 1 aliphatic rings. The lowest BCUT2D eigenvalue weighted by molar-refractivity contribution is 0.143. The van der Waals surface area contributed by atoms with Crippen molar-refractivity contribution in [2.24, 2.45) is 0 Å². The molecule has 0 radical (unpaired) electrons. The van der Waals surface area contributed by atoms with Gasteiger partial charge >= 0.3 is 12.1 Å². The van der Waals surface area contributed by atoms with Crippen LogP contribution in [0.5, 0.6) is 6.01 Å². The van der Waals surface area contributed by atoms with Crippen LogP contribution in [0.3, 0.4) is 0 Å². The maximum atomic E-state index is 12.2. The van der Waals surface area contributed by atoms with Gasteiger partial charge in [0, 0.05) is 30.4 Å². The second-order valence-electron chi connectivity index (χ2n) is 7.18. The quantitative estimate of drug-likeness (QED) is 0.534. The van der Waals surface area contributed by atoms with Gasteiger partial charge in [-0.1, -0.05) is 60.7 Å². The zero-order chi connectivity index (χ0) is 21.5. The molecule has 6 nitrogen and oxygen atoms in total. The third kappa shape index (κ3) is 4.91. The molecule has 2 aromatic carbocycles. The molecule has 1 heterocycles. The molecule has 1 amide bonds.